The lowest BCUT2D eigenvalue weighted by Crippen LogP contribution is -2.37. The summed E-state index contributed by atoms with van der Waals surface area (Å²) in [6.07, 6.45) is 2.16. The van der Waals surface area contributed by atoms with Crippen molar-refractivity contribution in [2.45, 2.75) is 19.8 Å². The smallest absolute Gasteiger partial charge is 0.195 e. The molecule has 0 atom stereocenters. The van der Waals surface area contributed by atoms with Crippen molar-refractivity contribution in [2.75, 3.05) is 0 Å². The fourth-order valence-electron chi connectivity index (χ4n) is 2.48. The lowest BCUT2D eigenvalue weighted by Gasteiger charge is -2.04. The second-order valence-corrected chi connectivity index (χ2v) is 6.58. The first-order valence-corrected chi connectivity index (χ1v) is 7.77. The second kappa shape index (κ2) is 4.98. The van der Waals surface area contributed by atoms with Crippen LogP contribution in [0.15, 0.2) is 42.6 Å². The van der Waals surface area contributed by atoms with Crippen LogP contribution in [0.25, 0.3) is 20.9 Å². The minimum atomic E-state index is 0.551. The van der Waals surface area contributed by atoms with Gasteiger partial charge < -0.3 is 0 Å². The van der Waals surface area contributed by atoms with Crippen molar-refractivity contribution < 1.29 is 9.13 Å². The largest absolute Gasteiger partial charge is 0.335 e. The van der Waals surface area contributed by atoms with Crippen molar-refractivity contribution in [3.8, 4) is 10.7 Å². The molecule has 1 aromatic carbocycles. The molecule has 0 saturated heterocycles. The van der Waals surface area contributed by atoms with Gasteiger partial charge >= 0.3 is 5.01 Å². The highest BCUT2D eigenvalue weighted by Crippen LogP contribution is 2.27. The molecule has 0 saturated carbocycles. The second-order valence-electron chi connectivity index (χ2n) is 5.54. The van der Waals surface area contributed by atoms with Crippen LogP contribution in [0.2, 0.25) is 0 Å². The maximum atomic E-state index is 2.31. The predicted molar refractivity (Wildman–Crippen MR) is 83.7 cm³/mol. The summed E-state index contributed by atoms with van der Waals surface area (Å²) in [6, 6.07) is 13.1. The summed E-state index contributed by atoms with van der Waals surface area (Å²) in [6.45, 7) is 4.48. The molecule has 0 bridgehead atoms. The number of hydrogen-bond donors (Lipinski definition) is 0. The fraction of sp³-hybridized carbons (Fsp3) is 0.294. The monoisotopic (exact) mass is 284 g/mol. The van der Waals surface area contributed by atoms with Crippen molar-refractivity contribution in [1.29, 1.82) is 0 Å². The lowest BCUT2D eigenvalue weighted by atomic mass is 10.0. The van der Waals surface area contributed by atoms with E-state index in [-0.39, 0.29) is 0 Å². The van der Waals surface area contributed by atoms with Gasteiger partial charge in [0.2, 0.25) is 5.52 Å². The molecule has 0 radical (unpaired) electrons. The lowest BCUT2D eigenvalue weighted by molar-refractivity contribution is -0.678. The summed E-state index contributed by atoms with van der Waals surface area (Å²) in [7, 11) is 4.26. The number of fused-ring (bicyclic) bond motifs is 1. The zero-order chi connectivity index (χ0) is 14.3. The first-order chi connectivity index (χ1) is 9.58. The molecule has 2 nitrogen and oxygen atoms in total. The third-order valence-corrected chi connectivity index (χ3v) is 5.04. The summed E-state index contributed by atoms with van der Waals surface area (Å²) in [5, 5.41) is 1.30. The highest BCUT2D eigenvalue weighted by molar-refractivity contribution is 7.21. The van der Waals surface area contributed by atoms with E-state index < -0.39 is 0 Å². The molecule has 0 amide bonds. The Balaban J connectivity index is 2.25. The standard InChI is InChI=1S/C17H20N2S/c1-12(2)13-9-10-18(3)15(11-13)17-19(4)14-7-5-6-8-16(14)20-17/h5-12H,1-4H3/q+2. The summed E-state index contributed by atoms with van der Waals surface area (Å²) in [5.41, 5.74) is 3.96. The van der Waals surface area contributed by atoms with Crippen LogP contribution in [0.1, 0.15) is 25.3 Å². The van der Waals surface area contributed by atoms with Crippen molar-refractivity contribution in [1.82, 2.24) is 0 Å². The van der Waals surface area contributed by atoms with Crippen LogP contribution in [-0.2, 0) is 14.1 Å². The van der Waals surface area contributed by atoms with Crippen LogP contribution in [0.3, 0.4) is 0 Å². The molecule has 3 rings (SSSR count). The zero-order valence-corrected chi connectivity index (χ0v) is 13.2. The molecule has 2 heterocycles. The minimum Gasteiger partial charge on any atom is -0.195 e. The number of hydrogen-bond acceptors (Lipinski definition) is 1. The Morgan fingerprint density at radius 3 is 2.50 bits per heavy atom. The molecule has 0 aliphatic carbocycles. The van der Waals surface area contributed by atoms with Crippen molar-refractivity contribution in [3.63, 3.8) is 0 Å². The minimum absolute atomic E-state index is 0.551. The van der Waals surface area contributed by atoms with Gasteiger partial charge in [-0.05, 0) is 17.5 Å². The van der Waals surface area contributed by atoms with Crippen LogP contribution < -0.4 is 9.13 Å². The van der Waals surface area contributed by atoms with Gasteiger partial charge in [-0.3, -0.25) is 0 Å². The van der Waals surface area contributed by atoms with E-state index in [0.29, 0.717) is 5.92 Å². The summed E-state index contributed by atoms with van der Waals surface area (Å²) >= 11 is 1.85. The molecule has 0 unspecified atom stereocenters. The van der Waals surface area contributed by atoms with E-state index in [4.69, 9.17) is 0 Å². The average Bonchev–Trinajstić information content (AvgIpc) is 2.77. The molecule has 0 fully saturated rings. The summed E-state index contributed by atoms with van der Waals surface area (Å²) in [4.78, 5) is 0. The number of aromatic nitrogens is 2. The number of rotatable bonds is 2. The zero-order valence-electron chi connectivity index (χ0n) is 12.4. The van der Waals surface area contributed by atoms with Crippen LogP contribution >= 0.6 is 11.3 Å². The SMILES string of the molecule is CC(C)c1cc[n+](C)c(-c2sc3ccccc3[n+]2C)c1. The Bertz CT molecular complexity index is 772. The average molecular weight is 284 g/mol. The Kier molecular flexibility index (Phi) is 3.30. The van der Waals surface area contributed by atoms with Gasteiger partial charge in [0.1, 0.15) is 18.8 Å². The topological polar surface area (TPSA) is 7.76 Å². The number of aryl methyl sites for hydroxylation is 2. The van der Waals surface area contributed by atoms with Gasteiger partial charge in [0.15, 0.2) is 6.20 Å². The highest BCUT2D eigenvalue weighted by atomic mass is 32.1. The molecule has 20 heavy (non-hydrogen) atoms. The third kappa shape index (κ3) is 2.12. The van der Waals surface area contributed by atoms with Crippen LogP contribution in [0.4, 0.5) is 0 Å². The predicted octanol–water partition coefficient (Wildman–Crippen LogP) is 3.34. The Labute approximate surface area is 123 Å². The van der Waals surface area contributed by atoms with Gasteiger partial charge in [-0.25, -0.2) is 0 Å². The van der Waals surface area contributed by atoms with Crippen LogP contribution in [-0.4, -0.2) is 0 Å². The van der Waals surface area contributed by atoms with E-state index in [1.54, 1.807) is 0 Å². The molecule has 2 aromatic heterocycles. The molecular weight excluding hydrogens is 264 g/mol. The Hall–Kier alpha value is -1.74. The number of thiazole rings is 1. The number of nitrogens with zero attached hydrogens (tertiary/aromatic N) is 2. The fourth-order valence-corrected chi connectivity index (χ4v) is 3.69. The van der Waals surface area contributed by atoms with E-state index in [1.165, 1.54) is 26.5 Å². The maximum Gasteiger partial charge on any atom is 0.335 e. The van der Waals surface area contributed by atoms with Gasteiger partial charge in [-0.15, -0.1) is 0 Å². The van der Waals surface area contributed by atoms with Crippen LogP contribution in [0.5, 0.6) is 0 Å². The van der Waals surface area contributed by atoms with Gasteiger partial charge in [-0.2, -0.15) is 9.13 Å². The highest BCUT2D eigenvalue weighted by Gasteiger charge is 2.25. The number of pyridine rings is 1. The Morgan fingerprint density at radius 2 is 1.80 bits per heavy atom. The number of para-hydroxylation sites is 1. The van der Waals surface area contributed by atoms with Crippen molar-refractivity contribution in [2.24, 2.45) is 14.1 Å². The molecule has 0 spiro atoms. The van der Waals surface area contributed by atoms with E-state index in [2.05, 4.69) is 79.7 Å². The molecule has 3 aromatic rings. The molecule has 0 aliphatic rings. The number of benzene rings is 1. The first kappa shape index (κ1) is 13.3. The van der Waals surface area contributed by atoms with E-state index in [1.807, 2.05) is 11.3 Å². The van der Waals surface area contributed by atoms with Gasteiger partial charge in [0.25, 0.3) is 5.69 Å². The van der Waals surface area contributed by atoms with Crippen molar-refractivity contribution >= 4 is 21.6 Å². The van der Waals surface area contributed by atoms with E-state index in [0.717, 1.165) is 0 Å². The van der Waals surface area contributed by atoms with Gasteiger partial charge in [0.05, 0.1) is 0 Å². The quantitative estimate of drug-likeness (QED) is 0.638. The van der Waals surface area contributed by atoms with Gasteiger partial charge in [0, 0.05) is 18.2 Å². The Morgan fingerprint density at radius 1 is 1.05 bits per heavy atom. The first-order valence-electron chi connectivity index (χ1n) is 6.95. The molecular formula is C17H20N2S+2. The summed E-state index contributed by atoms with van der Waals surface area (Å²) < 4.78 is 5.83. The summed E-state index contributed by atoms with van der Waals surface area (Å²) in [5.74, 6) is 0.551. The van der Waals surface area contributed by atoms with E-state index >= 15 is 0 Å². The maximum absolute atomic E-state index is 2.31. The normalized spacial score (nSPS) is 11.4. The third-order valence-electron chi connectivity index (χ3n) is 3.80. The van der Waals surface area contributed by atoms with E-state index in [9.17, 15) is 0 Å². The van der Waals surface area contributed by atoms with Gasteiger partial charge in [-0.1, -0.05) is 37.3 Å². The molecule has 3 heteroatoms. The molecule has 102 valence electrons. The molecule has 0 N–H and O–H groups in total. The van der Waals surface area contributed by atoms with Crippen LogP contribution in [0, 0.1) is 0 Å². The molecule has 0 aliphatic heterocycles. The van der Waals surface area contributed by atoms with Crippen molar-refractivity contribution in [3.05, 3.63) is 48.2 Å².